The summed E-state index contributed by atoms with van der Waals surface area (Å²) < 4.78 is 0. The lowest BCUT2D eigenvalue weighted by atomic mass is 9.96. The highest BCUT2D eigenvalue weighted by Crippen LogP contribution is 2.39. The van der Waals surface area contributed by atoms with E-state index in [1.54, 1.807) is 24.3 Å². The molecule has 2 aromatic carbocycles. The summed E-state index contributed by atoms with van der Waals surface area (Å²) >= 11 is 0. The van der Waals surface area contributed by atoms with E-state index >= 15 is 0 Å². The van der Waals surface area contributed by atoms with E-state index < -0.39 is 0 Å². The van der Waals surface area contributed by atoms with Gasteiger partial charge in [-0.2, -0.15) is 0 Å². The molecule has 2 rings (SSSR count). The van der Waals surface area contributed by atoms with Gasteiger partial charge >= 0.3 is 0 Å². The van der Waals surface area contributed by atoms with Gasteiger partial charge in [-0.25, -0.2) is 0 Å². The molecule has 0 aliphatic rings. The van der Waals surface area contributed by atoms with Gasteiger partial charge in [-0.1, -0.05) is 19.1 Å². The van der Waals surface area contributed by atoms with Crippen LogP contribution in [-0.4, -0.2) is 15.3 Å². The van der Waals surface area contributed by atoms with Gasteiger partial charge in [-0.3, -0.25) is 0 Å². The molecule has 2 aromatic rings. The lowest BCUT2D eigenvalue weighted by Crippen LogP contribution is -1.88. The zero-order valence-corrected chi connectivity index (χ0v) is 9.51. The maximum Gasteiger partial charge on any atom is 0.127 e. The number of aryl methyl sites for hydroxylation is 1. The van der Waals surface area contributed by atoms with Gasteiger partial charge in [0.2, 0.25) is 0 Å². The Kier molecular flexibility index (Phi) is 2.91. The lowest BCUT2D eigenvalue weighted by Gasteiger charge is -2.11. The van der Waals surface area contributed by atoms with Gasteiger partial charge in [0, 0.05) is 0 Å². The molecule has 0 saturated heterocycles. The van der Waals surface area contributed by atoms with Crippen molar-refractivity contribution in [3.63, 3.8) is 0 Å². The van der Waals surface area contributed by atoms with Crippen molar-refractivity contribution in [1.29, 1.82) is 0 Å². The number of benzene rings is 2. The standard InChI is InChI=1S/C14H14O3/c1-2-9-8-10(15)6-7-11(9)14-12(16)4-3-5-13(14)17/h3-8,15-17H,2H2,1H3. The van der Waals surface area contributed by atoms with Crippen LogP contribution in [0.15, 0.2) is 36.4 Å². The predicted molar refractivity (Wildman–Crippen MR) is 66.3 cm³/mol. The molecule has 0 aliphatic carbocycles. The second kappa shape index (κ2) is 4.37. The Labute approximate surface area is 99.6 Å². The molecule has 0 amide bonds. The van der Waals surface area contributed by atoms with Crippen LogP contribution in [0.3, 0.4) is 0 Å². The first-order chi connectivity index (χ1) is 8.13. The largest absolute Gasteiger partial charge is 0.508 e. The molecule has 0 atom stereocenters. The summed E-state index contributed by atoms with van der Waals surface area (Å²) in [5, 5.41) is 29.1. The molecular formula is C14H14O3. The zero-order valence-electron chi connectivity index (χ0n) is 9.51. The summed E-state index contributed by atoms with van der Waals surface area (Å²) in [6.45, 7) is 1.95. The first-order valence-corrected chi connectivity index (χ1v) is 5.46. The van der Waals surface area contributed by atoms with Crippen LogP contribution in [-0.2, 0) is 6.42 Å². The average Bonchev–Trinajstić information content (AvgIpc) is 2.30. The van der Waals surface area contributed by atoms with Gasteiger partial charge in [0.15, 0.2) is 0 Å². The van der Waals surface area contributed by atoms with Crippen LogP contribution < -0.4 is 0 Å². The van der Waals surface area contributed by atoms with Crippen molar-refractivity contribution in [3.8, 4) is 28.4 Å². The minimum atomic E-state index is 0.0328. The summed E-state index contributed by atoms with van der Waals surface area (Å²) in [6, 6.07) is 9.52. The molecule has 0 radical (unpaired) electrons. The summed E-state index contributed by atoms with van der Waals surface area (Å²) in [5.41, 5.74) is 2.02. The molecule has 3 nitrogen and oxygen atoms in total. The van der Waals surface area contributed by atoms with Crippen molar-refractivity contribution in [2.75, 3.05) is 0 Å². The highest BCUT2D eigenvalue weighted by Gasteiger charge is 2.13. The topological polar surface area (TPSA) is 60.7 Å². The summed E-state index contributed by atoms with van der Waals surface area (Å²) in [4.78, 5) is 0. The monoisotopic (exact) mass is 230 g/mol. The van der Waals surface area contributed by atoms with Gasteiger partial charge in [-0.05, 0) is 41.8 Å². The number of rotatable bonds is 2. The van der Waals surface area contributed by atoms with Crippen LogP contribution in [0.5, 0.6) is 17.2 Å². The minimum absolute atomic E-state index is 0.0328. The second-order valence-corrected chi connectivity index (χ2v) is 3.87. The number of phenolic OH excluding ortho intramolecular Hbond substituents is 3. The maximum atomic E-state index is 9.81. The van der Waals surface area contributed by atoms with Gasteiger partial charge < -0.3 is 15.3 Å². The predicted octanol–water partition coefficient (Wildman–Crippen LogP) is 3.03. The normalized spacial score (nSPS) is 10.4. The molecular weight excluding hydrogens is 216 g/mol. The fraction of sp³-hybridized carbons (Fsp3) is 0.143. The van der Waals surface area contributed by atoms with E-state index in [1.165, 1.54) is 12.1 Å². The summed E-state index contributed by atoms with van der Waals surface area (Å²) in [5.74, 6) is 0.247. The van der Waals surface area contributed by atoms with Gasteiger partial charge in [0.1, 0.15) is 17.2 Å². The van der Waals surface area contributed by atoms with E-state index in [0.717, 1.165) is 11.1 Å². The number of hydrogen-bond acceptors (Lipinski definition) is 3. The van der Waals surface area contributed by atoms with Crippen molar-refractivity contribution in [3.05, 3.63) is 42.0 Å². The fourth-order valence-corrected chi connectivity index (χ4v) is 1.92. The van der Waals surface area contributed by atoms with Crippen LogP contribution in [0.2, 0.25) is 0 Å². The van der Waals surface area contributed by atoms with E-state index in [4.69, 9.17) is 0 Å². The SMILES string of the molecule is CCc1cc(O)ccc1-c1c(O)cccc1O. The first kappa shape index (κ1) is 11.3. The molecule has 0 fully saturated rings. The van der Waals surface area contributed by atoms with Crippen LogP contribution in [0.4, 0.5) is 0 Å². The van der Waals surface area contributed by atoms with Crippen LogP contribution in [0.1, 0.15) is 12.5 Å². The molecule has 0 unspecified atom stereocenters. The molecule has 3 heteroatoms. The Balaban J connectivity index is 2.68. The van der Waals surface area contributed by atoms with Crippen molar-refractivity contribution in [2.24, 2.45) is 0 Å². The average molecular weight is 230 g/mol. The lowest BCUT2D eigenvalue weighted by molar-refractivity contribution is 0.454. The van der Waals surface area contributed by atoms with E-state index in [1.807, 2.05) is 6.92 Å². The van der Waals surface area contributed by atoms with E-state index in [0.29, 0.717) is 12.0 Å². The van der Waals surface area contributed by atoms with Crippen molar-refractivity contribution in [2.45, 2.75) is 13.3 Å². The summed E-state index contributed by atoms with van der Waals surface area (Å²) in [7, 11) is 0. The van der Waals surface area contributed by atoms with Crippen molar-refractivity contribution < 1.29 is 15.3 Å². The highest BCUT2D eigenvalue weighted by molar-refractivity contribution is 5.79. The summed E-state index contributed by atoms with van der Waals surface area (Å²) in [6.07, 6.45) is 0.706. The third-order valence-corrected chi connectivity index (χ3v) is 2.76. The van der Waals surface area contributed by atoms with Gasteiger partial charge in [0.05, 0.1) is 5.56 Å². The Hall–Kier alpha value is -2.16. The van der Waals surface area contributed by atoms with E-state index in [-0.39, 0.29) is 17.2 Å². The quantitative estimate of drug-likeness (QED) is 0.743. The zero-order chi connectivity index (χ0) is 12.4. The highest BCUT2D eigenvalue weighted by atomic mass is 16.3. The Morgan fingerprint density at radius 3 is 2.18 bits per heavy atom. The molecule has 0 bridgehead atoms. The van der Waals surface area contributed by atoms with Crippen molar-refractivity contribution >= 4 is 0 Å². The van der Waals surface area contributed by atoms with Crippen LogP contribution in [0, 0.1) is 0 Å². The van der Waals surface area contributed by atoms with E-state index in [2.05, 4.69) is 0 Å². The Morgan fingerprint density at radius 1 is 0.941 bits per heavy atom. The second-order valence-electron chi connectivity index (χ2n) is 3.87. The Morgan fingerprint density at radius 2 is 1.59 bits per heavy atom. The van der Waals surface area contributed by atoms with Crippen molar-refractivity contribution in [1.82, 2.24) is 0 Å². The fourth-order valence-electron chi connectivity index (χ4n) is 1.92. The van der Waals surface area contributed by atoms with Crippen LogP contribution in [0.25, 0.3) is 11.1 Å². The maximum absolute atomic E-state index is 9.81. The molecule has 0 heterocycles. The first-order valence-electron chi connectivity index (χ1n) is 5.46. The Bertz CT molecular complexity index is 527. The molecule has 0 saturated carbocycles. The third kappa shape index (κ3) is 2.04. The molecule has 88 valence electrons. The van der Waals surface area contributed by atoms with Gasteiger partial charge in [-0.15, -0.1) is 0 Å². The smallest absolute Gasteiger partial charge is 0.127 e. The number of aromatic hydroxyl groups is 3. The number of hydrogen-bond donors (Lipinski definition) is 3. The van der Waals surface area contributed by atoms with E-state index in [9.17, 15) is 15.3 Å². The molecule has 0 aliphatic heterocycles. The molecule has 17 heavy (non-hydrogen) atoms. The molecule has 3 N–H and O–H groups in total. The third-order valence-electron chi connectivity index (χ3n) is 2.76. The molecule has 0 spiro atoms. The minimum Gasteiger partial charge on any atom is -0.508 e. The molecule has 0 aromatic heterocycles. The number of phenols is 3. The van der Waals surface area contributed by atoms with Gasteiger partial charge in [0.25, 0.3) is 0 Å². The van der Waals surface area contributed by atoms with Crippen LogP contribution >= 0.6 is 0 Å².